The number of ether oxygens (including phenoxy) is 2. The highest BCUT2D eigenvalue weighted by Crippen LogP contribution is 2.31. The first-order valence-corrected chi connectivity index (χ1v) is 4.98. The number of benzene rings is 1. The lowest BCUT2D eigenvalue weighted by Gasteiger charge is -2.14. The highest BCUT2D eigenvalue weighted by molar-refractivity contribution is 5.44. The van der Waals surface area contributed by atoms with Gasteiger partial charge in [0.05, 0.1) is 25.7 Å². The van der Waals surface area contributed by atoms with E-state index in [-0.39, 0.29) is 12.5 Å². The molecule has 1 aromatic rings. The Morgan fingerprint density at radius 1 is 1.38 bits per heavy atom. The van der Waals surface area contributed by atoms with Gasteiger partial charge in [-0.3, -0.25) is 0 Å². The Balaban J connectivity index is 3.11. The molecule has 0 aromatic heterocycles. The molecule has 0 radical (unpaired) electrons. The van der Waals surface area contributed by atoms with Crippen molar-refractivity contribution in [1.82, 2.24) is 0 Å². The molecule has 0 unspecified atom stereocenters. The number of methoxy groups -OCH3 is 1. The highest BCUT2D eigenvalue weighted by Gasteiger charge is 2.12. The van der Waals surface area contributed by atoms with Crippen molar-refractivity contribution in [3.05, 3.63) is 23.5 Å². The molecule has 0 heterocycles. The fraction of sp³-hybridized carbons (Fsp3) is 0.417. The summed E-state index contributed by atoms with van der Waals surface area (Å²) in [7, 11) is 1.48. The maximum Gasteiger partial charge on any atom is 0.164 e. The number of nitriles is 1. The van der Waals surface area contributed by atoms with E-state index in [1.54, 1.807) is 0 Å². The molecule has 1 aromatic carbocycles. The minimum atomic E-state index is -0.446. The third kappa shape index (κ3) is 2.86. The van der Waals surface area contributed by atoms with E-state index in [4.69, 9.17) is 14.7 Å². The van der Waals surface area contributed by atoms with Crippen molar-refractivity contribution in [3.8, 4) is 17.6 Å². The molecule has 4 heteroatoms. The van der Waals surface area contributed by atoms with Crippen LogP contribution in [0, 0.1) is 17.1 Å². The molecule has 1 rings (SSSR count). The van der Waals surface area contributed by atoms with E-state index in [0.717, 1.165) is 0 Å². The smallest absolute Gasteiger partial charge is 0.164 e. The van der Waals surface area contributed by atoms with Crippen molar-refractivity contribution in [2.75, 3.05) is 7.11 Å². The lowest BCUT2D eigenvalue weighted by atomic mass is 10.1. The normalized spacial score (nSPS) is 10.0. The van der Waals surface area contributed by atoms with Crippen LogP contribution >= 0.6 is 0 Å². The van der Waals surface area contributed by atoms with Gasteiger partial charge in [0.2, 0.25) is 0 Å². The molecule has 0 saturated heterocycles. The predicted molar refractivity (Wildman–Crippen MR) is 58.0 cm³/mol. The van der Waals surface area contributed by atoms with Crippen LogP contribution in [0.5, 0.6) is 11.5 Å². The first-order chi connectivity index (χ1) is 7.58. The van der Waals surface area contributed by atoms with Crippen molar-refractivity contribution in [2.24, 2.45) is 0 Å². The Bertz CT molecular complexity index is 410. The molecule has 0 bridgehead atoms. The van der Waals surface area contributed by atoms with Crippen LogP contribution in [0.4, 0.5) is 4.39 Å². The minimum absolute atomic E-state index is 0.0180. The zero-order valence-corrected chi connectivity index (χ0v) is 9.58. The highest BCUT2D eigenvalue weighted by atomic mass is 19.1. The fourth-order valence-corrected chi connectivity index (χ4v) is 1.30. The predicted octanol–water partition coefficient (Wildman–Crippen LogP) is 2.69. The van der Waals surface area contributed by atoms with E-state index in [1.165, 1.54) is 19.2 Å². The van der Waals surface area contributed by atoms with Crippen LogP contribution in [0.2, 0.25) is 0 Å². The molecule has 0 amide bonds. The minimum Gasteiger partial charge on any atom is -0.493 e. The van der Waals surface area contributed by atoms with E-state index in [0.29, 0.717) is 17.1 Å². The molecule has 0 saturated carbocycles. The molecule has 0 spiro atoms. The summed E-state index contributed by atoms with van der Waals surface area (Å²) in [4.78, 5) is 0. The van der Waals surface area contributed by atoms with E-state index in [9.17, 15) is 4.39 Å². The summed E-state index contributed by atoms with van der Waals surface area (Å²) >= 11 is 0. The Hall–Kier alpha value is -1.76. The van der Waals surface area contributed by atoms with Crippen molar-refractivity contribution in [1.29, 1.82) is 5.26 Å². The zero-order valence-electron chi connectivity index (χ0n) is 9.58. The van der Waals surface area contributed by atoms with Crippen LogP contribution in [-0.2, 0) is 6.42 Å². The maximum atomic E-state index is 13.5. The van der Waals surface area contributed by atoms with E-state index < -0.39 is 5.82 Å². The van der Waals surface area contributed by atoms with Gasteiger partial charge in [0.15, 0.2) is 11.5 Å². The molecule has 0 atom stereocenters. The molecular formula is C12H14FNO2. The first-order valence-electron chi connectivity index (χ1n) is 4.98. The third-order valence-corrected chi connectivity index (χ3v) is 1.96. The van der Waals surface area contributed by atoms with Crippen LogP contribution in [-0.4, -0.2) is 13.2 Å². The summed E-state index contributed by atoms with van der Waals surface area (Å²) in [5.41, 5.74) is 0.315. The lowest BCUT2D eigenvalue weighted by molar-refractivity contribution is 0.229. The second kappa shape index (κ2) is 5.36. The number of rotatable bonds is 4. The first kappa shape index (κ1) is 12.3. The molecule has 0 aliphatic heterocycles. The van der Waals surface area contributed by atoms with Crippen molar-refractivity contribution < 1.29 is 13.9 Å². The lowest BCUT2D eigenvalue weighted by Crippen LogP contribution is -2.07. The van der Waals surface area contributed by atoms with Crippen molar-refractivity contribution >= 4 is 0 Å². The van der Waals surface area contributed by atoms with Crippen molar-refractivity contribution in [2.45, 2.75) is 26.4 Å². The number of halogens is 1. The molecule has 86 valence electrons. The van der Waals surface area contributed by atoms with E-state index >= 15 is 0 Å². The van der Waals surface area contributed by atoms with Crippen LogP contribution < -0.4 is 9.47 Å². The third-order valence-electron chi connectivity index (χ3n) is 1.96. The van der Waals surface area contributed by atoms with Gasteiger partial charge in [0.25, 0.3) is 0 Å². The summed E-state index contributed by atoms with van der Waals surface area (Å²) < 4.78 is 24.0. The Morgan fingerprint density at radius 3 is 2.56 bits per heavy atom. The summed E-state index contributed by atoms with van der Waals surface area (Å²) in [6, 6.07) is 4.65. The topological polar surface area (TPSA) is 42.2 Å². The van der Waals surface area contributed by atoms with Gasteiger partial charge in [-0.25, -0.2) is 4.39 Å². The fourth-order valence-electron chi connectivity index (χ4n) is 1.30. The second-order valence-electron chi connectivity index (χ2n) is 3.60. The largest absolute Gasteiger partial charge is 0.493 e. The molecule has 0 N–H and O–H groups in total. The Kier molecular flexibility index (Phi) is 4.12. The number of hydrogen-bond donors (Lipinski definition) is 0. The average Bonchev–Trinajstić information content (AvgIpc) is 2.21. The van der Waals surface area contributed by atoms with Gasteiger partial charge < -0.3 is 9.47 Å². The van der Waals surface area contributed by atoms with Gasteiger partial charge in [-0.05, 0) is 19.9 Å². The molecule has 0 aliphatic carbocycles. The van der Waals surface area contributed by atoms with Gasteiger partial charge in [0.1, 0.15) is 5.82 Å². The summed E-state index contributed by atoms with van der Waals surface area (Å²) in [6.45, 7) is 3.70. The van der Waals surface area contributed by atoms with E-state index in [2.05, 4.69) is 0 Å². The quantitative estimate of drug-likeness (QED) is 0.788. The second-order valence-corrected chi connectivity index (χ2v) is 3.60. The standard InChI is InChI=1S/C12H14FNO2/c1-8(2)16-12-7-10(13)9(4-5-14)6-11(12)15-3/h6-8H,4H2,1-3H3. The van der Waals surface area contributed by atoms with Gasteiger partial charge in [-0.1, -0.05) is 0 Å². The molecule has 0 aliphatic rings. The number of nitrogens with zero attached hydrogens (tertiary/aromatic N) is 1. The van der Waals surface area contributed by atoms with Crippen molar-refractivity contribution in [3.63, 3.8) is 0 Å². The van der Waals surface area contributed by atoms with Crippen LogP contribution in [0.25, 0.3) is 0 Å². The molecule has 16 heavy (non-hydrogen) atoms. The van der Waals surface area contributed by atoms with Crippen LogP contribution in [0.1, 0.15) is 19.4 Å². The number of hydrogen-bond acceptors (Lipinski definition) is 3. The Labute approximate surface area is 94.4 Å². The van der Waals surface area contributed by atoms with Gasteiger partial charge in [-0.15, -0.1) is 0 Å². The molecular weight excluding hydrogens is 209 g/mol. The molecule has 0 fully saturated rings. The summed E-state index contributed by atoms with van der Waals surface area (Å²) in [6.07, 6.45) is -0.0421. The summed E-state index contributed by atoms with van der Waals surface area (Å²) in [5.74, 6) is 0.357. The maximum absolute atomic E-state index is 13.5. The zero-order chi connectivity index (χ0) is 12.1. The Morgan fingerprint density at radius 2 is 2.06 bits per heavy atom. The van der Waals surface area contributed by atoms with Gasteiger partial charge >= 0.3 is 0 Å². The van der Waals surface area contributed by atoms with Gasteiger partial charge in [0, 0.05) is 11.6 Å². The monoisotopic (exact) mass is 223 g/mol. The SMILES string of the molecule is COc1cc(CC#N)c(F)cc1OC(C)C. The van der Waals surface area contributed by atoms with E-state index in [1.807, 2.05) is 19.9 Å². The van der Waals surface area contributed by atoms with Gasteiger partial charge in [-0.2, -0.15) is 5.26 Å². The van der Waals surface area contributed by atoms with Crippen LogP contribution in [0.15, 0.2) is 12.1 Å². The van der Waals surface area contributed by atoms with Crippen LogP contribution in [0.3, 0.4) is 0 Å². The molecule has 3 nitrogen and oxygen atoms in total. The average molecular weight is 223 g/mol. The summed E-state index contributed by atoms with van der Waals surface area (Å²) in [5, 5.41) is 8.53.